The van der Waals surface area contributed by atoms with Crippen molar-refractivity contribution in [1.29, 1.82) is 0 Å². The van der Waals surface area contributed by atoms with Crippen molar-refractivity contribution in [2.24, 2.45) is 0 Å². The van der Waals surface area contributed by atoms with Gasteiger partial charge in [-0.25, -0.2) is 0 Å². The summed E-state index contributed by atoms with van der Waals surface area (Å²) in [6.45, 7) is 15.7. The van der Waals surface area contributed by atoms with Gasteiger partial charge in [-0.2, -0.15) is 0 Å². The lowest BCUT2D eigenvalue weighted by atomic mass is 9.33. The predicted molar refractivity (Wildman–Crippen MR) is 374 cm³/mol. The fourth-order valence-electron chi connectivity index (χ4n) is 13.9. The molecular weight excluding hydrogens is 1100 g/mol. The number of nitrogens with zero attached hydrogens (tertiary/aromatic N) is 2. The second kappa shape index (κ2) is 20.1. The SMILES string of the molecule is Cc1cc2c3c(c1)N(c1cc(-c4cc5ccccc5o4)cc(-c4cc5ccccc5o4)c1)c1ccc(-c4ccc(C(C)(C)C)cc4)cc1B3c1cc(-c3ccc(C(C)(C)C)cc3)ccc1N2c1cc(-c2cc3ccccc3o2)cc(-c2cc3ccccc3o2)c1. The van der Waals surface area contributed by atoms with E-state index in [4.69, 9.17) is 17.7 Å². The Kier molecular flexibility index (Phi) is 12.0. The van der Waals surface area contributed by atoms with Crippen molar-refractivity contribution in [3.63, 3.8) is 0 Å². The molecule has 0 radical (unpaired) electrons. The number of fused-ring (bicyclic) bond motifs is 8. The second-order valence-corrected chi connectivity index (χ2v) is 26.7. The molecule has 0 fully saturated rings. The van der Waals surface area contributed by atoms with Crippen LogP contribution in [0.15, 0.2) is 272 Å². The van der Waals surface area contributed by atoms with E-state index in [1.54, 1.807) is 0 Å². The lowest BCUT2D eigenvalue weighted by molar-refractivity contribution is 0.590. The van der Waals surface area contributed by atoms with Crippen LogP contribution in [-0.2, 0) is 10.8 Å². The molecule has 0 unspecified atom stereocenters. The van der Waals surface area contributed by atoms with Gasteiger partial charge in [0, 0.05) is 77.9 Å². The lowest BCUT2D eigenvalue weighted by Crippen LogP contribution is -2.61. The van der Waals surface area contributed by atoms with E-state index in [9.17, 15) is 0 Å². The molecule has 6 heterocycles. The molecule has 0 bridgehead atoms. The van der Waals surface area contributed by atoms with Gasteiger partial charge in [-0.15, -0.1) is 0 Å². The Hall–Kier alpha value is -10.8. The first kappa shape index (κ1) is 53.5. The number of anilines is 6. The summed E-state index contributed by atoms with van der Waals surface area (Å²) in [6.07, 6.45) is 0. The van der Waals surface area contributed by atoms with Crippen LogP contribution in [0.3, 0.4) is 0 Å². The summed E-state index contributed by atoms with van der Waals surface area (Å²) >= 11 is 0. The van der Waals surface area contributed by atoms with Gasteiger partial charge in [-0.05, 0) is 182 Å². The molecule has 0 atom stereocenters. The van der Waals surface area contributed by atoms with Crippen molar-refractivity contribution >= 4 is 101 Å². The third-order valence-electron chi connectivity index (χ3n) is 18.6. The van der Waals surface area contributed by atoms with Gasteiger partial charge >= 0.3 is 0 Å². The highest BCUT2D eigenvalue weighted by molar-refractivity contribution is 7.00. The van der Waals surface area contributed by atoms with Crippen LogP contribution in [0.4, 0.5) is 34.1 Å². The number of hydrogen-bond acceptors (Lipinski definition) is 6. The summed E-state index contributed by atoms with van der Waals surface area (Å²) in [5.41, 5.74) is 25.3. The number of benzene rings is 11. The Bertz CT molecular complexity index is 4720. The van der Waals surface area contributed by atoms with E-state index in [0.717, 1.165) is 151 Å². The van der Waals surface area contributed by atoms with Crippen LogP contribution in [0, 0.1) is 6.92 Å². The van der Waals surface area contributed by atoms with Gasteiger partial charge in [0.15, 0.2) is 0 Å². The lowest BCUT2D eigenvalue weighted by Gasteiger charge is -2.44. The second-order valence-electron chi connectivity index (χ2n) is 26.7. The van der Waals surface area contributed by atoms with Crippen LogP contribution < -0.4 is 26.2 Å². The van der Waals surface area contributed by atoms with E-state index in [1.807, 2.05) is 48.5 Å². The molecule has 4 aromatic heterocycles. The molecule has 432 valence electrons. The van der Waals surface area contributed by atoms with Crippen LogP contribution in [-0.4, -0.2) is 6.71 Å². The van der Waals surface area contributed by atoms with Gasteiger partial charge < -0.3 is 27.5 Å². The number of hydrogen-bond donors (Lipinski definition) is 0. The fourth-order valence-corrected chi connectivity index (χ4v) is 13.9. The Morgan fingerprint density at radius 3 is 0.911 bits per heavy atom. The zero-order chi connectivity index (χ0) is 60.7. The highest BCUT2D eigenvalue weighted by Gasteiger charge is 2.44. The van der Waals surface area contributed by atoms with Gasteiger partial charge in [-0.3, -0.25) is 0 Å². The maximum atomic E-state index is 6.78. The van der Waals surface area contributed by atoms with Gasteiger partial charge in [0.1, 0.15) is 45.4 Å². The summed E-state index contributed by atoms with van der Waals surface area (Å²) in [7, 11) is 0. The van der Waals surface area contributed by atoms with E-state index >= 15 is 0 Å². The molecule has 2 aliphatic rings. The topological polar surface area (TPSA) is 59.0 Å². The molecule has 15 aromatic rings. The zero-order valence-electron chi connectivity index (χ0n) is 51.4. The molecule has 0 aliphatic carbocycles. The van der Waals surface area contributed by atoms with Crippen molar-refractivity contribution in [3.8, 4) is 67.5 Å². The van der Waals surface area contributed by atoms with E-state index in [0.29, 0.717) is 0 Å². The standard InChI is InChI=1S/C83H63BN2O4/c1-50-36-71-81-72(37-50)86(66-42-61(79-48-57-18-10-14-22-75(57)89-79)39-62(43-66)80-49-58-19-11-15-23-76(58)90-80)70-35-29-54(52-26-32-64(33-27-52)83(5,6)7)45-68(70)84(81)67-44-53(51-24-30-63(31-25-51)82(2,3)4)28-34-69(67)85(71)65-40-59(77-46-55-16-8-12-20-73(55)87-77)38-60(41-65)78-47-56-17-9-13-21-74(56)88-78/h8-49H,1-7H3. The Morgan fingerprint density at radius 1 is 0.289 bits per heavy atom. The maximum absolute atomic E-state index is 6.78. The molecule has 0 saturated heterocycles. The Labute approximate surface area is 524 Å². The minimum atomic E-state index is -0.211. The molecule has 0 saturated carbocycles. The number of para-hydroxylation sites is 4. The van der Waals surface area contributed by atoms with Crippen LogP contribution in [0.2, 0.25) is 0 Å². The highest BCUT2D eigenvalue weighted by Crippen LogP contribution is 2.49. The third kappa shape index (κ3) is 9.01. The van der Waals surface area contributed by atoms with Crippen LogP contribution in [0.5, 0.6) is 0 Å². The summed E-state index contributed by atoms with van der Waals surface area (Å²) in [6, 6.07) is 92.7. The molecule has 11 aromatic carbocycles. The summed E-state index contributed by atoms with van der Waals surface area (Å²) in [5.74, 6) is 3.11. The molecule has 0 spiro atoms. The van der Waals surface area contributed by atoms with Gasteiger partial charge in [0.2, 0.25) is 0 Å². The molecule has 6 nitrogen and oxygen atoms in total. The van der Waals surface area contributed by atoms with E-state index in [1.165, 1.54) is 27.5 Å². The fraction of sp³-hybridized carbons (Fsp3) is 0.108. The van der Waals surface area contributed by atoms with E-state index < -0.39 is 0 Å². The minimum Gasteiger partial charge on any atom is -0.456 e. The first-order valence-corrected chi connectivity index (χ1v) is 31.2. The smallest absolute Gasteiger partial charge is 0.252 e. The Morgan fingerprint density at radius 2 is 0.600 bits per heavy atom. The minimum absolute atomic E-state index is 0.00608. The monoisotopic (exact) mass is 1160 g/mol. The molecule has 0 N–H and O–H groups in total. The molecular formula is C83H63BN2O4. The molecule has 90 heavy (non-hydrogen) atoms. The largest absolute Gasteiger partial charge is 0.456 e. The average Bonchev–Trinajstić information content (AvgIpc) is 0.782. The van der Waals surface area contributed by atoms with Crippen LogP contribution >= 0.6 is 0 Å². The van der Waals surface area contributed by atoms with Crippen molar-refractivity contribution in [3.05, 3.63) is 271 Å². The van der Waals surface area contributed by atoms with Crippen molar-refractivity contribution in [1.82, 2.24) is 0 Å². The summed E-state index contributed by atoms with van der Waals surface area (Å²) < 4.78 is 27.1. The van der Waals surface area contributed by atoms with Crippen LogP contribution in [0.1, 0.15) is 58.2 Å². The molecule has 7 heteroatoms. The summed E-state index contributed by atoms with van der Waals surface area (Å²) in [5, 5.41) is 4.17. The van der Waals surface area contributed by atoms with Crippen molar-refractivity contribution in [2.75, 3.05) is 9.80 Å². The van der Waals surface area contributed by atoms with Crippen molar-refractivity contribution in [2.45, 2.75) is 59.3 Å². The zero-order valence-corrected chi connectivity index (χ0v) is 51.4. The predicted octanol–water partition coefficient (Wildman–Crippen LogP) is 21.7. The quantitative estimate of drug-likeness (QED) is 0.141. The first-order valence-electron chi connectivity index (χ1n) is 31.2. The molecule has 17 rings (SSSR count). The average molecular weight is 1160 g/mol. The van der Waals surface area contributed by atoms with E-state index in [-0.39, 0.29) is 17.5 Å². The molecule has 0 amide bonds. The van der Waals surface area contributed by atoms with E-state index in [2.05, 4.69) is 265 Å². The normalized spacial score (nSPS) is 13.0. The summed E-state index contributed by atoms with van der Waals surface area (Å²) in [4.78, 5) is 5.01. The van der Waals surface area contributed by atoms with Gasteiger partial charge in [-0.1, -0.05) is 187 Å². The highest BCUT2D eigenvalue weighted by atomic mass is 16.3. The molecule has 2 aliphatic heterocycles. The maximum Gasteiger partial charge on any atom is 0.252 e. The number of aryl methyl sites for hydroxylation is 1. The number of rotatable bonds is 8. The van der Waals surface area contributed by atoms with Crippen molar-refractivity contribution < 1.29 is 17.7 Å². The first-order chi connectivity index (χ1) is 43.7. The van der Waals surface area contributed by atoms with Gasteiger partial charge in [0.25, 0.3) is 6.71 Å². The third-order valence-corrected chi connectivity index (χ3v) is 18.6. The number of furan rings is 4. The Balaban J connectivity index is 0.952. The van der Waals surface area contributed by atoms with Crippen LogP contribution in [0.25, 0.3) is 111 Å². The van der Waals surface area contributed by atoms with Gasteiger partial charge in [0.05, 0.1) is 0 Å².